The van der Waals surface area contributed by atoms with Crippen molar-refractivity contribution in [2.75, 3.05) is 11.1 Å². The van der Waals surface area contributed by atoms with Crippen LogP contribution in [0.2, 0.25) is 15.1 Å². The highest BCUT2D eigenvalue weighted by molar-refractivity contribution is 7.99. The van der Waals surface area contributed by atoms with Crippen molar-refractivity contribution in [3.05, 3.63) is 68.4 Å². The molecule has 2 aromatic carbocycles. The minimum Gasteiger partial charge on any atom is -0.345 e. The van der Waals surface area contributed by atoms with Crippen molar-refractivity contribution >= 4 is 64.1 Å². The Hall–Kier alpha value is -2.26. The Morgan fingerprint density at radius 1 is 1.06 bits per heavy atom. The van der Waals surface area contributed by atoms with Gasteiger partial charge in [-0.25, -0.2) is 0 Å². The molecule has 0 unspecified atom stereocenters. The molecule has 0 aliphatic heterocycles. The molecule has 0 atom stereocenters. The number of hydrogen-bond acceptors (Lipinski definition) is 5. The molecule has 0 aliphatic carbocycles. The molecule has 3 aromatic rings. The van der Waals surface area contributed by atoms with Crippen LogP contribution in [0.25, 0.3) is 0 Å². The van der Waals surface area contributed by atoms with E-state index in [0.29, 0.717) is 32.3 Å². The van der Waals surface area contributed by atoms with Gasteiger partial charge in [0.05, 0.1) is 33.1 Å². The summed E-state index contributed by atoms with van der Waals surface area (Å²) in [7, 11) is 1.77. The number of carbonyl (C=O) groups excluding carboxylic acids is 2. The zero-order valence-corrected chi connectivity index (χ0v) is 19.7. The lowest BCUT2D eigenvalue weighted by molar-refractivity contribution is -0.113. The fraction of sp³-hybridized carbons (Fsp3) is 0.200. The van der Waals surface area contributed by atoms with Crippen LogP contribution in [0, 0.1) is 6.92 Å². The highest BCUT2D eigenvalue weighted by Gasteiger charge is 2.14. The number of rotatable bonds is 7. The zero-order chi connectivity index (χ0) is 22.5. The molecule has 0 bridgehead atoms. The van der Waals surface area contributed by atoms with E-state index in [1.165, 1.54) is 23.9 Å². The standard InChI is InChI=1S/C20H18Cl3N5O2S/c1-11-4-3-5-12(6-11)19(30)24-9-17-26-27-20(28(17)2)31-10-18(29)25-16-8-14(22)13(21)7-15(16)23/h3-8H,9-10H2,1-2H3,(H,24,30)(H,25,29). The lowest BCUT2D eigenvalue weighted by Gasteiger charge is -2.09. The van der Waals surface area contributed by atoms with Gasteiger partial charge in [0.15, 0.2) is 11.0 Å². The van der Waals surface area contributed by atoms with Gasteiger partial charge in [0.1, 0.15) is 0 Å². The number of thioether (sulfide) groups is 1. The third kappa shape index (κ3) is 6.13. The summed E-state index contributed by atoms with van der Waals surface area (Å²) in [4.78, 5) is 24.6. The number of hydrogen-bond donors (Lipinski definition) is 2. The molecule has 162 valence electrons. The van der Waals surface area contributed by atoms with Crippen molar-refractivity contribution in [1.82, 2.24) is 20.1 Å². The van der Waals surface area contributed by atoms with Gasteiger partial charge >= 0.3 is 0 Å². The smallest absolute Gasteiger partial charge is 0.251 e. The van der Waals surface area contributed by atoms with Crippen molar-refractivity contribution in [2.45, 2.75) is 18.6 Å². The second-order valence-corrected chi connectivity index (χ2v) is 8.76. The van der Waals surface area contributed by atoms with Gasteiger partial charge in [-0.3, -0.25) is 9.59 Å². The number of carbonyl (C=O) groups is 2. The highest BCUT2D eigenvalue weighted by atomic mass is 35.5. The normalized spacial score (nSPS) is 10.7. The van der Waals surface area contributed by atoms with Gasteiger partial charge in [-0.1, -0.05) is 64.3 Å². The van der Waals surface area contributed by atoms with E-state index in [-0.39, 0.29) is 29.1 Å². The summed E-state index contributed by atoms with van der Waals surface area (Å²) in [5.41, 5.74) is 1.96. The lowest BCUT2D eigenvalue weighted by atomic mass is 10.1. The summed E-state index contributed by atoms with van der Waals surface area (Å²) in [6, 6.07) is 10.3. The molecule has 2 amide bonds. The first-order valence-corrected chi connectivity index (χ1v) is 11.2. The van der Waals surface area contributed by atoms with Crippen LogP contribution in [0.15, 0.2) is 41.6 Å². The fourth-order valence-electron chi connectivity index (χ4n) is 2.61. The van der Waals surface area contributed by atoms with E-state index in [0.717, 1.165) is 5.56 Å². The molecule has 3 rings (SSSR count). The monoisotopic (exact) mass is 497 g/mol. The number of benzene rings is 2. The van der Waals surface area contributed by atoms with Gasteiger partial charge in [-0.15, -0.1) is 10.2 Å². The quantitative estimate of drug-likeness (QED) is 0.363. The molecular weight excluding hydrogens is 481 g/mol. The van der Waals surface area contributed by atoms with Gasteiger partial charge in [0.25, 0.3) is 5.91 Å². The van der Waals surface area contributed by atoms with E-state index in [2.05, 4.69) is 20.8 Å². The van der Waals surface area contributed by atoms with E-state index in [9.17, 15) is 9.59 Å². The number of nitrogens with one attached hydrogen (secondary N) is 2. The minimum atomic E-state index is -0.289. The van der Waals surface area contributed by atoms with Crippen molar-refractivity contribution < 1.29 is 9.59 Å². The number of anilines is 1. The van der Waals surface area contributed by atoms with E-state index in [1.807, 2.05) is 25.1 Å². The third-order valence-electron chi connectivity index (χ3n) is 4.23. The first-order chi connectivity index (χ1) is 14.7. The van der Waals surface area contributed by atoms with Crippen molar-refractivity contribution in [3.63, 3.8) is 0 Å². The first kappa shape index (κ1) is 23.4. The van der Waals surface area contributed by atoms with Crippen molar-refractivity contribution in [1.29, 1.82) is 0 Å². The molecule has 1 aromatic heterocycles. The van der Waals surface area contributed by atoms with Crippen LogP contribution in [0.3, 0.4) is 0 Å². The fourth-order valence-corrected chi connectivity index (χ4v) is 3.93. The number of aryl methyl sites for hydroxylation is 1. The van der Waals surface area contributed by atoms with Crippen molar-refractivity contribution in [3.8, 4) is 0 Å². The molecule has 0 aliphatic rings. The molecule has 0 saturated heterocycles. The summed E-state index contributed by atoms with van der Waals surface area (Å²) >= 11 is 19.1. The Morgan fingerprint density at radius 3 is 2.55 bits per heavy atom. The van der Waals surface area contributed by atoms with E-state index in [4.69, 9.17) is 34.8 Å². The van der Waals surface area contributed by atoms with E-state index in [1.54, 1.807) is 17.7 Å². The molecule has 2 N–H and O–H groups in total. The maximum atomic E-state index is 12.3. The van der Waals surface area contributed by atoms with Crippen LogP contribution in [0.4, 0.5) is 5.69 Å². The van der Waals surface area contributed by atoms with Crippen molar-refractivity contribution in [2.24, 2.45) is 7.05 Å². The Morgan fingerprint density at radius 2 is 1.81 bits per heavy atom. The molecule has 0 radical (unpaired) electrons. The van der Waals surface area contributed by atoms with Crippen LogP contribution in [0.1, 0.15) is 21.7 Å². The number of halogens is 3. The van der Waals surface area contributed by atoms with Crippen LogP contribution in [-0.4, -0.2) is 32.3 Å². The summed E-state index contributed by atoms with van der Waals surface area (Å²) in [5.74, 6) is 0.163. The molecule has 0 spiro atoms. The molecule has 31 heavy (non-hydrogen) atoms. The molecule has 0 saturated carbocycles. The second-order valence-electron chi connectivity index (χ2n) is 6.59. The van der Waals surface area contributed by atoms with Gasteiger partial charge in [0, 0.05) is 12.6 Å². The predicted molar refractivity (Wildman–Crippen MR) is 124 cm³/mol. The second kappa shape index (κ2) is 10.4. The Bertz CT molecular complexity index is 1140. The molecule has 11 heteroatoms. The summed E-state index contributed by atoms with van der Waals surface area (Å²) in [6.45, 7) is 2.14. The number of aromatic nitrogens is 3. The molecular formula is C20H18Cl3N5O2S. The predicted octanol–water partition coefficient (Wildman–Crippen LogP) is 4.74. The van der Waals surface area contributed by atoms with Crippen LogP contribution >= 0.6 is 46.6 Å². The number of amides is 2. The number of nitrogens with zero attached hydrogens (tertiary/aromatic N) is 3. The highest BCUT2D eigenvalue weighted by Crippen LogP contribution is 2.32. The van der Waals surface area contributed by atoms with Gasteiger partial charge in [0.2, 0.25) is 5.91 Å². The third-order valence-corrected chi connectivity index (χ3v) is 6.28. The summed E-state index contributed by atoms with van der Waals surface area (Å²) < 4.78 is 1.72. The lowest BCUT2D eigenvalue weighted by Crippen LogP contribution is -2.24. The molecule has 0 fully saturated rings. The maximum absolute atomic E-state index is 12.3. The van der Waals surface area contributed by atoms with Crippen LogP contribution in [0.5, 0.6) is 0 Å². The van der Waals surface area contributed by atoms with Crippen LogP contribution in [-0.2, 0) is 18.4 Å². The average molecular weight is 499 g/mol. The summed E-state index contributed by atoms with van der Waals surface area (Å²) in [5, 5.41) is 15.1. The maximum Gasteiger partial charge on any atom is 0.251 e. The molecule has 1 heterocycles. The largest absolute Gasteiger partial charge is 0.345 e. The Kier molecular flexibility index (Phi) is 7.83. The minimum absolute atomic E-state index is 0.0815. The van der Waals surface area contributed by atoms with Crippen LogP contribution < -0.4 is 10.6 Å². The summed E-state index contributed by atoms with van der Waals surface area (Å²) in [6.07, 6.45) is 0. The Labute approximate surface area is 198 Å². The zero-order valence-electron chi connectivity index (χ0n) is 16.6. The first-order valence-electron chi connectivity index (χ1n) is 9.05. The Balaban J connectivity index is 1.55. The molecule has 7 nitrogen and oxygen atoms in total. The van der Waals surface area contributed by atoms with E-state index < -0.39 is 0 Å². The topological polar surface area (TPSA) is 88.9 Å². The SMILES string of the molecule is Cc1cccc(C(=O)NCc2nnc(SCC(=O)Nc3cc(Cl)c(Cl)cc3Cl)n2C)c1. The average Bonchev–Trinajstić information content (AvgIpc) is 3.08. The van der Waals surface area contributed by atoms with Gasteiger partial charge < -0.3 is 15.2 Å². The van der Waals surface area contributed by atoms with E-state index >= 15 is 0 Å². The van der Waals surface area contributed by atoms with Gasteiger partial charge in [-0.05, 0) is 31.2 Å². The van der Waals surface area contributed by atoms with Gasteiger partial charge in [-0.2, -0.15) is 0 Å².